The molecule has 0 aliphatic heterocycles. The number of hydrogen-bond donors (Lipinski definition) is 2. The van der Waals surface area contributed by atoms with Crippen LogP contribution in [-0.4, -0.2) is 89.8 Å². The van der Waals surface area contributed by atoms with Crippen molar-refractivity contribution < 1.29 is 33.8 Å². The highest BCUT2D eigenvalue weighted by atomic mass is 16.6. The third-order valence-electron chi connectivity index (χ3n) is 6.31. The molecule has 36 heavy (non-hydrogen) atoms. The van der Waals surface area contributed by atoms with E-state index in [4.69, 9.17) is 9.47 Å². The van der Waals surface area contributed by atoms with E-state index in [0.717, 1.165) is 0 Å². The molecular weight excluding hydrogens is 466 g/mol. The number of methoxy groups -OCH3 is 1. The number of amides is 3. The van der Waals surface area contributed by atoms with E-state index in [1.807, 2.05) is 41.5 Å². The predicted molar refractivity (Wildman–Crippen MR) is 138 cm³/mol. The molecule has 1 unspecified atom stereocenters. The normalized spacial score (nSPS) is 16.1. The van der Waals surface area contributed by atoms with Crippen LogP contribution in [-0.2, 0) is 23.9 Å². The minimum atomic E-state index is -1.02. The fourth-order valence-electron chi connectivity index (χ4n) is 4.25. The van der Waals surface area contributed by atoms with Gasteiger partial charge in [-0.3, -0.25) is 19.3 Å². The van der Waals surface area contributed by atoms with Gasteiger partial charge in [0.15, 0.2) is 0 Å². The van der Waals surface area contributed by atoms with Crippen LogP contribution in [0.5, 0.6) is 0 Å². The Labute approximate surface area is 217 Å². The van der Waals surface area contributed by atoms with Gasteiger partial charge < -0.3 is 24.8 Å². The lowest BCUT2D eigenvalue weighted by Gasteiger charge is -2.40. The number of likely N-dealkylation sites (N-methyl/N-ethyl adjacent to an activating group) is 2. The van der Waals surface area contributed by atoms with Crippen LogP contribution in [0.15, 0.2) is 0 Å². The van der Waals surface area contributed by atoms with Gasteiger partial charge in [0.25, 0.3) is 0 Å². The quantitative estimate of drug-likeness (QED) is 0.385. The molecule has 0 radical (unpaired) electrons. The molecule has 10 nitrogen and oxygen atoms in total. The van der Waals surface area contributed by atoms with Crippen molar-refractivity contribution in [3.05, 3.63) is 0 Å². The summed E-state index contributed by atoms with van der Waals surface area (Å²) in [7, 11) is 4.55. The average molecular weight is 516 g/mol. The van der Waals surface area contributed by atoms with Gasteiger partial charge in [0, 0.05) is 21.2 Å². The van der Waals surface area contributed by atoms with Crippen molar-refractivity contribution in [1.82, 2.24) is 15.1 Å². The monoisotopic (exact) mass is 515 g/mol. The van der Waals surface area contributed by atoms with Gasteiger partial charge in [-0.05, 0) is 38.5 Å². The minimum absolute atomic E-state index is 0.0477. The molecule has 0 aromatic carbocycles. The van der Waals surface area contributed by atoms with E-state index in [1.165, 1.54) is 24.0 Å². The molecule has 0 aliphatic carbocycles. The average Bonchev–Trinajstić information content (AvgIpc) is 2.74. The third kappa shape index (κ3) is 9.95. The van der Waals surface area contributed by atoms with E-state index in [0.29, 0.717) is 6.42 Å². The van der Waals surface area contributed by atoms with Crippen LogP contribution in [0.4, 0.5) is 4.79 Å². The summed E-state index contributed by atoms with van der Waals surface area (Å²) in [5.41, 5.74) is -0.721. The molecule has 0 saturated carbocycles. The second-order valence-corrected chi connectivity index (χ2v) is 11.2. The fraction of sp³-hybridized carbons (Fsp3) is 0.846. The van der Waals surface area contributed by atoms with Crippen LogP contribution in [0.2, 0.25) is 0 Å². The van der Waals surface area contributed by atoms with Crippen molar-refractivity contribution in [3.63, 3.8) is 0 Å². The Morgan fingerprint density at radius 1 is 0.944 bits per heavy atom. The smallest absolute Gasteiger partial charge is 0.410 e. The number of ether oxygens (including phenoxy) is 2. The van der Waals surface area contributed by atoms with E-state index in [-0.39, 0.29) is 30.1 Å². The van der Waals surface area contributed by atoms with E-state index in [1.54, 1.807) is 27.8 Å². The molecule has 0 bridgehead atoms. The molecule has 0 spiro atoms. The molecule has 3 amide bonds. The van der Waals surface area contributed by atoms with Gasteiger partial charge in [0.05, 0.1) is 18.6 Å². The molecule has 0 saturated heterocycles. The highest BCUT2D eigenvalue weighted by molar-refractivity contribution is 5.91. The molecule has 0 rings (SSSR count). The predicted octanol–water partition coefficient (Wildman–Crippen LogP) is 3.38. The second kappa shape index (κ2) is 14.4. The first-order chi connectivity index (χ1) is 16.4. The van der Waals surface area contributed by atoms with Gasteiger partial charge in [-0.15, -0.1) is 0 Å². The van der Waals surface area contributed by atoms with Gasteiger partial charge in [-0.2, -0.15) is 0 Å². The molecule has 210 valence electrons. The molecule has 2 N–H and O–H groups in total. The summed E-state index contributed by atoms with van der Waals surface area (Å²) < 4.78 is 10.9. The summed E-state index contributed by atoms with van der Waals surface area (Å²) in [4.78, 5) is 53.9. The number of carboxylic acid groups (broad SMARTS) is 1. The van der Waals surface area contributed by atoms with Crippen LogP contribution < -0.4 is 5.32 Å². The molecule has 0 heterocycles. The molecule has 10 heteroatoms. The number of aliphatic carboxylic acids is 1. The number of nitrogens with one attached hydrogen (secondary N) is 1. The van der Waals surface area contributed by atoms with Gasteiger partial charge in [0.1, 0.15) is 17.7 Å². The second-order valence-electron chi connectivity index (χ2n) is 11.2. The van der Waals surface area contributed by atoms with Crippen LogP contribution >= 0.6 is 0 Å². The number of nitrogens with zero attached hydrogens (tertiary/aromatic N) is 2. The molecule has 0 aromatic rings. The number of carboxylic acids is 1. The van der Waals surface area contributed by atoms with Gasteiger partial charge in [-0.1, -0.05) is 48.0 Å². The van der Waals surface area contributed by atoms with Crippen molar-refractivity contribution in [3.8, 4) is 0 Å². The first-order valence-electron chi connectivity index (χ1n) is 12.7. The number of rotatable bonds is 13. The summed E-state index contributed by atoms with van der Waals surface area (Å²) in [6.07, 6.45) is -0.889. The SMILES string of the molecule is CC[C@H](C)C([C@@H](CC(=O)O)OC)N(C)C(=O)[C@@H](NC(=O)[C@H](C(C)C)N(C)C(=O)OC(C)(C)C)C(C)C. The Bertz CT molecular complexity index is 748. The number of carbonyl (C=O) groups is 4. The van der Waals surface area contributed by atoms with Crippen molar-refractivity contribution in [2.75, 3.05) is 21.2 Å². The Balaban J connectivity index is 6.00. The summed E-state index contributed by atoms with van der Waals surface area (Å²) >= 11 is 0. The Morgan fingerprint density at radius 3 is 1.83 bits per heavy atom. The zero-order valence-corrected chi connectivity index (χ0v) is 24.2. The van der Waals surface area contributed by atoms with Crippen LogP contribution in [0, 0.1) is 17.8 Å². The topological polar surface area (TPSA) is 125 Å². The molecule has 0 fully saturated rings. The maximum Gasteiger partial charge on any atom is 0.410 e. The standard InChI is InChI=1S/C26H49N3O7/c1-13-17(6)22(18(35-12)14-19(30)31)28(10)24(33)20(15(2)3)27-23(32)21(16(4)5)29(11)25(34)36-26(7,8)9/h15-18,20-22H,13-14H2,1-12H3,(H,27,32)(H,30,31)/t17-,18+,20-,21-,22?/m0/s1. The van der Waals surface area contributed by atoms with Gasteiger partial charge in [0.2, 0.25) is 11.8 Å². The largest absolute Gasteiger partial charge is 0.481 e. The van der Waals surface area contributed by atoms with E-state index >= 15 is 0 Å². The molecule has 0 aliphatic rings. The lowest BCUT2D eigenvalue weighted by atomic mass is 9.90. The van der Waals surface area contributed by atoms with Gasteiger partial charge in [-0.25, -0.2) is 4.79 Å². The summed E-state index contributed by atoms with van der Waals surface area (Å²) in [5.74, 6) is -2.39. The Kier molecular flexibility index (Phi) is 13.5. The van der Waals surface area contributed by atoms with Crippen LogP contribution in [0.3, 0.4) is 0 Å². The van der Waals surface area contributed by atoms with Crippen molar-refractivity contribution in [1.29, 1.82) is 0 Å². The summed E-state index contributed by atoms with van der Waals surface area (Å²) in [5, 5.41) is 12.2. The number of hydrogen-bond acceptors (Lipinski definition) is 6. The Morgan fingerprint density at radius 2 is 1.47 bits per heavy atom. The fourth-order valence-corrected chi connectivity index (χ4v) is 4.25. The zero-order valence-electron chi connectivity index (χ0n) is 24.2. The molecule has 5 atom stereocenters. The lowest BCUT2D eigenvalue weighted by Crippen LogP contribution is -2.60. The first-order valence-corrected chi connectivity index (χ1v) is 12.7. The maximum atomic E-state index is 13.7. The number of carbonyl (C=O) groups excluding carboxylic acids is 3. The van der Waals surface area contributed by atoms with Crippen molar-refractivity contribution in [2.24, 2.45) is 17.8 Å². The lowest BCUT2D eigenvalue weighted by molar-refractivity contribution is -0.148. The van der Waals surface area contributed by atoms with Crippen LogP contribution in [0.25, 0.3) is 0 Å². The molecule has 0 aromatic heterocycles. The summed E-state index contributed by atoms with van der Waals surface area (Å²) in [6.45, 7) is 16.4. The van der Waals surface area contributed by atoms with E-state index in [9.17, 15) is 24.3 Å². The minimum Gasteiger partial charge on any atom is -0.481 e. The van der Waals surface area contributed by atoms with E-state index in [2.05, 4.69) is 5.32 Å². The highest BCUT2D eigenvalue weighted by Crippen LogP contribution is 2.23. The van der Waals surface area contributed by atoms with Crippen molar-refractivity contribution in [2.45, 2.75) is 105 Å². The highest BCUT2D eigenvalue weighted by Gasteiger charge is 2.39. The zero-order chi connectivity index (χ0) is 28.5. The maximum absolute atomic E-state index is 13.7. The third-order valence-corrected chi connectivity index (χ3v) is 6.31. The van der Waals surface area contributed by atoms with Gasteiger partial charge >= 0.3 is 12.1 Å². The van der Waals surface area contributed by atoms with Crippen LogP contribution in [0.1, 0.15) is 75.2 Å². The van der Waals surface area contributed by atoms with E-state index < -0.39 is 47.8 Å². The Hall–Kier alpha value is -2.36. The first kappa shape index (κ1) is 33.6. The summed E-state index contributed by atoms with van der Waals surface area (Å²) in [6, 6.07) is -2.25. The van der Waals surface area contributed by atoms with Crippen molar-refractivity contribution >= 4 is 23.9 Å². The molecular formula is C26H49N3O7.